The number of nitrogens with zero attached hydrogens (tertiary/aromatic N) is 4. The van der Waals surface area contributed by atoms with Crippen LogP contribution in [-0.2, 0) is 10.2 Å². The minimum Gasteiger partial charge on any atom is -0.340 e. The third-order valence-electron chi connectivity index (χ3n) is 4.17. The van der Waals surface area contributed by atoms with E-state index in [1.165, 1.54) is 0 Å². The summed E-state index contributed by atoms with van der Waals surface area (Å²) in [7, 11) is 0. The maximum Gasteiger partial charge on any atom is 0.233 e. The lowest BCUT2D eigenvalue weighted by Crippen LogP contribution is -2.48. The summed E-state index contributed by atoms with van der Waals surface area (Å²) in [6.07, 6.45) is 5.35. The van der Waals surface area contributed by atoms with E-state index >= 15 is 0 Å². The largest absolute Gasteiger partial charge is 0.340 e. The minimum absolute atomic E-state index is 0.203. The van der Waals surface area contributed by atoms with Crippen LogP contribution >= 0.6 is 11.3 Å². The van der Waals surface area contributed by atoms with Crippen molar-refractivity contribution in [3.8, 4) is 0 Å². The van der Waals surface area contributed by atoms with Crippen molar-refractivity contribution in [3.05, 3.63) is 35.0 Å². The molecular weight excluding hydrogens is 284 g/mol. The van der Waals surface area contributed by atoms with Crippen molar-refractivity contribution in [2.24, 2.45) is 0 Å². The van der Waals surface area contributed by atoms with E-state index in [2.05, 4.69) is 10.1 Å². The average Bonchev–Trinajstić information content (AvgIpc) is 3.19. The predicted octanol–water partition coefficient (Wildman–Crippen LogP) is 2.48. The van der Waals surface area contributed by atoms with Gasteiger partial charge < -0.3 is 4.90 Å². The Labute approximate surface area is 128 Å². The molecule has 3 rings (SSSR count). The number of piperidine rings is 1. The molecule has 2 aromatic rings. The van der Waals surface area contributed by atoms with E-state index in [9.17, 15) is 4.79 Å². The van der Waals surface area contributed by atoms with Crippen LogP contribution in [0.3, 0.4) is 0 Å². The van der Waals surface area contributed by atoms with E-state index in [1.807, 2.05) is 40.9 Å². The van der Waals surface area contributed by atoms with Crippen molar-refractivity contribution in [3.63, 3.8) is 0 Å². The van der Waals surface area contributed by atoms with Crippen LogP contribution in [0.1, 0.15) is 37.6 Å². The van der Waals surface area contributed by atoms with Gasteiger partial charge in [-0.15, -0.1) is 11.3 Å². The second-order valence-electron chi connectivity index (χ2n) is 6.03. The number of likely N-dealkylation sites (tertiary alicyclic amines) is 1. The molecular formula is C15H20N4OS. The van der Waals surface area contributed by atoms with E-state index in [1.54, 1.807) is 24.0 Å². The number of carbonyl (C=O) groups excluding carboxylic acids is 1. The van der Waals surface area contributed by atoms with Crippen molar-refractivity contribution in [2.45, 2.75) is 38.1 Å². The molecule has 21 heavy (non-hydrogen) atoms. The number of hydrogen-bond acceptors (Lipinski definition) is 4. The number of amides is 1. The molecule has 1 atom stereocenters. The molecule has 0 bridgehead atoms. The number of thiophene rings is 1. The highest BCUT2D eigenvalue weighted by Gasteiger charge is 2.36. The molecule has 6 heteroatoms. The molecule has 5 nitrogen and oxygen atoms in total. The lowest BCUT2D eigenvalue weighted by molar-refractivity contribution is -0.137. The highest BCUT2D eigenvalue weighted by molar-refractivity contribution is 7.10. The van der Waals surface area contributed by atoms with Crippen molar-refractivity contribution >= 4 is 17.2 Å². The Kier molecular flexibility index (Phi) is 3.80. The van der Waals surface area contributed by atoms with Gasteiger partial charge in [0.05, 0.1) is 11.5 Å². The van der Waals surface area contributed by atoms with Gasteiger partial charge in [0.25, 0.3) is 0 Å². The summed E-state index contributed by atoms with van der Waals surface area (Å²) in [6, 6.07) is 4.29. The smallest absolute Gasteiger partial charge is 0.233 e. The highest BCUT2D eigenvalue weighted by atomic mass is 32.1. The Bertz CT molecular complexity index is 591. The number of rotatable bonds is 3. The van der Waals surface area contributed by atoms with Gasteiger partial charge in [0.1, 0.15) is 12.7 Å². The van der Waals surface area contributed by atoms with E-state index in [-0.39, 0.29) is 11.9 Å². The molecule has 0 saturated carbocycles. The van der Waals surface area contributed by atoms with Crippen LogP contribution in [0.4, 0.5) is 0 Å². The van der Waals surface area contributed by atoms with Crippen LogP contribution in [0.25, 0.3) is 0 Å². The van der Waals surface area contributed by atoms with Gasteiger partial charge in [-0.1, -0.05) is 6.07 Å². The van der Waals surface area contributed by atoms with Gasteiger partial charge in [-0.3, -0.25) is 4.79 Å². The van der Waals surface area contributed by atoms with Gasteiger partial charge in [-0.25, -0.2) is 9.67 Å². The zero-order valence-electron chi connectivity index (χ0n) is 12.4. The van der Waals surface area contributed by atoms with E-state index in [0.717, 1.165) is 30.8 Å². The Hall–Kier alpha value is -1.69. The summed E-state index contributed by atoms with van der Waals surface area (Å²) in [5.41, 5.74) is -0.460. The number of hydrogen-bond donors (Lipinski definition) is 0. The molecule has 0 radical (unpaired) electrons. The molecule has 0 unspecified atom stereocenters. The number of aromatic nitrogens is 3. The van der Waals surface area contributed by atoms with Gasteiger partial charge in [0.2, 0.25) is 5.91 Å². The Balaban J connectivity index is 1.75. The molecule has 1 aliphatic rings. The fraction of sp³-hybridized carbons (Fsp3) is 0.533. The Morgan fingerprint density at radius 3 is 3.00 bits per heavy atom. The van der Waals surface area contributed by atoms with Gasteiger partial charge in [0.15, 0.2) is 0 Å². The maximum absolute atomic E-state index is 12.9. The molecule has 0 aliphatic carbocycles. The van der Waals surface area contributed by atoms with Crippen LogP contribution in [0.2, 0.25) is 0 Å². The predicted molar refractivity (Wildman–Crippen MR) is 82.2 cm³/mol. The summed E-state index contributed by atoms with van der Waals surface area (Å²) in [6.45, 7) is 5.58. The first-order valence-corrected chi connectivity index (χ1v) is 8.14. The molecule has 0 aromatic carbocycles. The maximum atomic E-state index is 12.9. The van der Waals surface area contributed by atoms with E-state index < -0.39 is 5.41 Å². The summed E-state index contributed by atoms with van der Waals surface area (Å²) in [5, 5.41) is 6.24. The van der Waals surface area contributed by atoms with Crippen molar-refractivity contribution in [1.29, 1.82) is 0 Å². The fourth-order valence-corrected chi connectivity index (χ4v) is 3.74. The molecule has 0 spiro atoms. The first kappa shape index (κ1) is 14.3. The van der Waals surface area contributed by atoms with Gasteiger partial charge >= 0.3 is 0 Å². The molecule has 3 heterocycles. The van der Waals surface area contributed by atoms with E-state index in [4.69, 9.17) is 0 Å². The van der Waals surface area contributed by atoms with Gasteiger partial charge in [-0.2, -0.15) is 5.10 Å². The van der Waals surface area contributed by atoms with Crippen LogP contribution in [-0.4, -0.2) is 38.7 Å². The third-order valence-corrected chi connectivity index (χ3v) is 5.36. The first-order chi connectivity index (χ1) is 10.1. The SMILES string of the molecule is CC(C)(C(=O)N1CCC[C@@H](n2cncn2)C1)c1cccs1. The molecule has 1 saturated heterocycles. The minimum atomic E-state index is -0.460. The summed E-state index contributed by atoms with van der Waals surface area (Å²) in [5.74, 6) is 0.203. The molecule has 2 aromatic heterocycles. The highest BCUT2D eigenvalue weighted by Crippen LogP contribution is 2.31. The van der Waals surface area contributed by atoms with Crippen molar-refractivity contribution in [2.75, 3.05) is 13.1 Å². The summed E-state index contributed by atoms with van der Waals surface area (Å²) >= 11 is 1.65. The van der Waals surface area contributed by atoms with Gasteiger partial charge in [-0.05, 0) is 38.1 Å². The molecule has 1 amide bonds. The van der Waals surface area contributed by atoms with Crippen LogP contribution in [0.5, 0.6) is 0 Å². The monoisotopic (exact) mass is 304 g/mol. The molecule has 1 aliphatic heterocycles. The number of carbonyl (C=O) groups is 1. The Morgan fingerprint density at radius 2 is 2.33 bits per heavy atom. The molecule has 112 valence electrons. The second-order valence-corrected chi connectivity index (χ2v) is 6.97. The third kappa shape index (κ3) is 2.72. The topological polar surface area (TPSA) is 51.0 Å². The van der Waals surface area contributed by atoms with Crippen molar-refractivity contribution < 1.29 is 4.79 Å². The van der Waals surface area contributed by atoms with Crippen molar-refractivity contribution in [1.82, 2.24) is 19.7 Å². The lowest BCUT2D eigenvalue weighted by atomic mass is 9.88. The zero-order valence-corrected chi connectivity index (χ0v) is 13.2. The quantitative estimate of drug-likeness (QED) is 0.875. The van der Waals surface area contributed by atoms with E-state index in [0.29, 0.717) is 0 Å². The summed E-state index contributed by atoms with van der Waals surface area (Å²) < 4.78 is 1.87. The Morgan fingerprint density at radius 1 is 1.48 bits per heavy atom. The lowest BCUT2D eigenvalue weighted by Gasteiger charge is -2.37. The normalized spacial score (nSPS) is 19.7. The summed E-state index contributed by atoms with van der Waals surface area (Å²) in [4.78, 5) is 20.0. The molecule has 1 fully saturated rings. The second kappa shape index (κ2) is 5.60. The standard InChI is InChI=1S/C15H20N4OS/c1-15(2,13-6-4-8-21-13)14(20)18-7-3-5-12(9-18)19-11-16-10-17-19/h4,6,8,10-12H,3,5,7,9H2,1-2H3/t12-/m1/s1. The van der Waals surface area contributed by atoms with Crippen LogP contribution in [0.15, 0.2) is 30.2 Å². The van der Waals surface area contributed by atoms with Crippen LogP contribution < -0.4 is 0 Å². The fourth-order valence-electron chi connectivity index (χ4n) is 2.90. The zero-order chi connectivity index (χ0) is 14.9. The van der Waals surface area contributed by atoms with Crippen LogP contribution in [0, 0.1) is 0 Å². The first-order valence-electron chi connectivity index (χ1n) is 7.26. The van der Waals surface area contributed by atoms with Gasteiger partial charge in [0, 0.05) is 18.0 Å². The molecule has 0 N–H and O–H groups in total. The average molecular weight is 304 g/mol.